The van der Waals surface area contributed by atoms with Crippen molar-refractivity contribution in [2.24, 2.45) is 0 Å². The van der Waals surface area contributed by atoms with E-state index < -0.39 is 27.4 Å². The molecule has 0 aromatic heterocycles. The average molecular weight is 377 g/mol. The van der Waals surface area contributed by atoms with Gasteiger partial charge in [-0.2, -0.15) is 0 Å². The molecule has 26 heavy (non-hydrogen) atoms. The summed E-state index contributed by atoms with van der Waals surface area (Å²) >= 11 is 0. The monoisotopic (exact) mass is 377 g/mol. The van der Waals surface area contributed by atoms with E-state index in [0.29, 0.717) is 5.69 Å². The molecule has 0 unspecified atom stereocenters. The van der Waals surface area contributed by atoms with Crippen molar-refractivity contribution >= 4 is 33.0 Å². The molecule has 0 radical (unpaired) electrons. The summed E-state index contributed by atoms with van der Waals surface area (Å²) in [5.74, 6) is -0.601. The normalized spacial score (nSPS) is 11.0. The van der Waals surface area contributed by atoms with Crippen molar-refractivity contribution in [1.29, 1.82) is 0 Å². The van der Waals surface area contributed by atoms with Gasteiger partial charge in [-0.1, -0.05) is 23.8 Å². The Kier molecular flexibility index (Phi) is 5.61. The Balaban J connectivity index is 2.25. The van der Waals surface area contributed by atoms with Gasteiger partial charge in [0.05, 0.1) is 16.9 Å². The van der Waals surface area contributed by atoms with Crippen LogP contribution in [0.25, 0.3) is 0 Å². The van der Waals surface area contributed by atoms with Crippen molar-refractivity contribution in [2.45, 2.75) is 13.8 Å². The maximum atomic E-state index is 12.3. The molecule has 1 N–H and O–H groups in total. The van der Waals surface area contributed by atoms with E-state index in [1.165, 1.54) is 24.3 Å². The molecule has 138 valence electrons. The molecule has 8 nitrogen and oxygen atoms in total. The Morgan fingerprint density at radius 1 is 1.19 bits per heavy atom. The van der Waals surface area contributed by atoms with Gasteiger partial charge in [0.15, 0.2) is 0 Å². The minimum Gasteiger partial charge on any atom is -0.324 e. The van der Waals surface area contributed by atoms with E-state index >= 15 is 0 Å². The molecule has 0 heterocycles. The zero-order chi connectivity index (χ0) is 19.5. The SMILES string of the molecule is Cc1ccc(N(CC(=O)Nc2cccc([N+](=O)[O-])c2)S(C)(=O)=O)c(C)c1. The average Bonchev–Trinajstić information content (AvgIpc) is 2.52. The first-order chi connectivity index (χ1) is 12.1. The summed E-state index contributed by atoms with van der Waals surface area (Å²) in [5.41, 5.74) is 2.15. The number of sulfonamides is 1. The first-order valence-corrected chi connectivity index (χ1v) is 9.52. The fourth-order valence-electron chi connectivity index (χ4n) is 2.49. The summed E-state index contributed by atoms with van der Waals surface area (Å²) in [4.78, 5) is 22.5. The van der Waals surface area contributed by atoms with Gasteiger partial charge in [-0.15, -0.1) is 0 Å². The van der Waals surface area contributed by atoms with Crippen LogP contribution >= 0.6 is 0 Å². The Morgan fingerprint density at radius 3 is 2.46 bits per heavy atom. The topological polar surface area (TPSA) is 110 Å². The summed E-state index contributed by atoms with van der Waals surface area (Å²) in [6, 6.07) is 10.7. The smallest absolute Gasteiger partial charge is 0.271 e. The molecule has 0 atom stereocenters. The molecule has 9 heteroatoms. The van der Waals surface area contributed by atoms with Crippen LogP contribution in [0.2, 0.25) is 0 Å². The second-order valence-electron chi connectivity index (χ2n) is 5.92. The first kappa shape index (κ1) is 19.4. The molecule has 2 rings (SSSR count). The lowest BCUT2D eigenvalue weighted by molar-refractivity contribution is -0.384. The van der Waals surface area contributed by atoms with Crippen LogP contribution in [0.1, 0.15) is 11.1 Å². The number of nitrogens with zero attached hydrogens (tertiary/aromatic N) is 2. The maximum absolute atomic E-state index is 12.3. The zero-order valence-electron chi connectivity index (χ0n) is 14.6. The quantitative estimate of drug-likeness (QED) is 0.615. The molecule has 0 aliphatic rings. The van der Waals surface area contributed by atoms with Crippen LogP contribution in [-0.4, -0.2) is 32.0 Å². The van der Waals surface area contributed by atoms with Crippen LogP contribution in [0.4, 0.5) is 17.1 Å². The summed E-state index contributed by atoms with van der Waals surface area (Å²) in [6.07, 6.45) is 1.02. The van der Waals surface area contributed by atoms with Crippen LogP contribution in [-0.2, 0) is 14.8 Å². The molecule has 0 fully saturated rings. The predicted octanol–water partition coefficient (Wildman–Crippen LogP) is 2.62. The van der Waals surface area contributed by atoms with E-state index in [4.69, 9.17) is 0 Å². The molecule has 0 saturated carbocycles. The van der Waals surface area contributed by atoms with Gasteiger partial charge in [0, 0.05) is 17.8 Å². The van der Waals surface area contributed by atoms with Gasteiger partial charge in [0.2, 0.25) is 15.9 Å². The van der Waals surface area contributed by atoms with Crippen molar-refractivity contribution in [2.75, 3.05) is 22.4 Å². The summed E-state index contributed by atoms with van der Waals surface area (Å²) in [6.45, 7) is 3.21. The first-order valence-electron chi connectivity index (χ1n) is 7.67. The van der Waals surface area contributed by atoms with Gasteiger partial charge >= 0.3 is 0 Å². The minimum atomic E-state index is -3.70. The standard InChI is InChI=1S/C17H19N3O5S/c1-12-7-8-16(13(2)9-12)19(26(3,24)25)11-17(21)18-14-5-4-6-15(10-14)20(22)23/h4-10H,11H2,1-3H3,(H,18,21). The van der Waals surface area contributed by atoms with Crippen molar-refractivity contribution in [1.82, 2.24) is 0 Å². The molecule has 1 amide bonds. The van der Waals surface area contributed by atoms with Gasteiger partial charge in [-0.3, -0.25) is 19.2 Å². The highest BCUT2D eigenvalue weighted by Crippen LogP contribution is 2.24. The number of anilines is 2. The number of carbonyl (C=O) groups excluding carboxylic acids is 1. The van der Waals surface area contributed by atoms with Gasteiger partial charge in [-0.05, 0) is 31.5 Å². The third kappa shape index (κ3) is 4.79. The van der Waals surface area contributed by atoms with Crippen LogP contribution in [0.15, 0.2) is 42.5 Å². The molecule has 0 bridgehead atoms. The largest absolute Gasteiger partial charge is 0.324 e. The maximum Gasteiger partial charge on any atom is 0.271 e. The molecule has 0 spiro atoms. The Labute approximate surface area is 151 Å². The Morgan fingerprint density at radius 2 is 1.88 bits per heavy atom. The third-order valence-electron chi connectivity index (χ3n) is 3.65. The van der Waals surface area contributed by atoms with E-state index in [2.05, 4.69) is 5.32 Å². The van der Waals surface area contributed by atoms with E-state index in [0.717, 1.165) is 21.7 Å². The number of nitrogens with one attached hydrogen (secondary N) is 1. The number of amides is 1. The Hall–Kier alpha value is -2.94. The second kappa shape index (κ2) is 7.52. The molecular formula is C17H19N3O5S. The number of hydrogen-bond donors (Lipinski definition) is 1. The minimum absolute atomic E-state index is 0.169. The van der Waals surface area contributed by atoms with E-state index in [1.54, 1.807) is 19.1 Å². The van der Waals surface area contributed by atoms with E-state index in [1.807, 2.05) is 13.0 Å². The highest BCUT2D eigenvalue weighted by molar-refractivity contribution is 7.92. The van der Waals surface area contributed by atoms with Gasteiger partial charge < -0.3 is 5.32 Å². The highest BCUT2D eigenvalue weighted by atomic mass is 32.2. The number of aryl methyl sites for hydroxylation is 2. The lowest BCUT2D eigenvalue weighted by Crippen LogP contribution is -2.37. The molecule has 0 saturated heterocycles. The van der Waals surface area contributed by atoms with Gasteiger partial charge in [0.1, 0.15) is 6.54 Å². The molecule has 0 aliphatic heterocycles. The van der Waals surface area contributed by atoms with Crippen molar-refractivity contribution in [3.63, 3.8) is 0 Å². The highest BCUT2D eigenvalue weighted by Gasteiger charge is 2.22. The van der Waals surface area contributed by atoms with Crippen LogP contribution < -0.4 is 9.62 Å². The van der Waals surface area contributed by atoms with Crippen LogP contribution in [0.3, 0.4) is 0 Å². The summed E-state index contributed by atoms with van der Waals surface area (Å²) in [7, 11) is -3.70. The predicted molar refractivity (Wildman–Crippen MR) is 99.8 cm³/mol. The number of rotatable bonds is 6. The van der Waals surface area contributed by atoms with Crippen molar-refractivity contribution in [3.8, 4) is 0 Å². The fraction of sp³-hybridized carbons (Fsp3) is 0.235. The van der Waals surface area contributed by atoms with E-state index in [9.17, 15) is 23.3 Å². The van der Waals surface area contributed by atoms with Gasteiger partial charge in [-0.25, -0.2) is 8.42 Å². The number of non-ortho nitro benzene ring substituents is 1. The number of nitro benzene ring substituents is 1. The van der Waals surface area contributed by atoms with Crippen molar-refractivity contribution < 1.29 is 18.1 Å². The number of hydrogen-bond acceptors (Lipinski definition) is 5. The lowest BCUT2D eigenvalue weighted by atomic mass is 10.1. The van der Waals surface area contributed by atoms with Crippen molar-refractivity contribution in [3.05, 3.63) is 63.7 Å². The fourth-order valence-corrected chi connectivity index (χ4v) is 3.41. The molecule has 2 aromatic rings. The molecular weight excluding hydrogens is 358 g/mol. The number of carbonyl (C=O) groups is 1. The van der Waals surface area contributed by atoms with Crippen LogP contribution in [0.5, 0.6) is 0 Å². The summed E-state index contributed by atoms with van der Waals surface area (Å²) in [5, 5.41) is 13.3. The number of nitro groups is 1. The van der Waals surface area contributed by atoms with Crippen LogP contribution in [0, 0.1) is 24.0 Å². The second-order valence-corrected chi connectivity index (χ2v) is 7.82. The summed E-state index contributed by atoms with van der Waals surface area (Å²) < 4.78 is 25.3. The van der Waals surface area contributed by atoms with E-state index in [-0.39, 0.29) is 11.4 Å². The lowest BCUT2D eigenvalue weighted by Gasteiger charge is -2.24. The third-order valence-corrected chi connectivity index (χ3v) is 4.78. The Bertz CT molecular complexity index is 957. The number of benzene rings is 2. The molecule has 2 aromatic carbocycles. The zero-order valence-corrected chi connectivity index (χ0v) is 15.4. The molecule has 0 aliphatic carbocycles. The van der Waals surface area contributed by atoms with Gasteiger partial charge in [0.25, 0.3) is 5.69 Å².